The van der Waals surface area contributed by atoms with Crippen molar-refractivity contribution < 1.29 is 0 Å². The number of fused-ring (bicyclic) bond motifs is 1. The lowest BCUT2D eigenvalue weighted by Gasteiger charge is -2.02. The third kappa shape index (κ3) is 2.41. The molecule has 0 saturated carbocycles. The number of aromatic nitrogens is 3. The van der Waals surface area contributed by atoms with E-state index < -0.39 is 0 Å². The maximum atomic E-state index is 12.4. The monoisotopic (exact) mass is 305 g/mol. The molecule has 0 fully saturated rings. The lowest BCUT2D eigenvalue weighted by molar-refractivity contribution is 0.732. The van der Waals surface area contributed by atoms with Crippen molar-refractivity contribution in [3.05, 3.63) is 43.7 Å². The van der Waals surface area contributed by atoms with Crippen LogP contribution >= 0.6 is 22.7 Å². The van der Waals surface area contributed by atoms with E-state index in [4.69, 9.17) is 0 Å². The van der Waals surface area contributed by atoms with Gasteiger partial charge in [0.1, 0.15) is 4.83 Å². The van der Waals surface area contributed by atoms with Crippen LogP contribution in [0, 0.1) is 0 Å². The van der Waals surface area contributed by atoms with Crippen molar-refractivity contribution >= 4 is 32.9 Å². The topological polar surface area (TPSA) is 47.8 Å². The zero-order valence-electron chi connectivity index (χ0n) is 11.4. The molecule has 0 amide bonds. The molecule has 0 N–H and O–H groups in total. The van der Waals surface area contributed by atoms with Crippen molar-refractivity contribution in [1.82, 2.24) is 14.5 Å². The van der Waals surface area contributed by atoms with E-state index in [1.54, 1.807) is 33.6 Å². The Kier molecular flexibility index (Phi) is 3.67. The Morgan fingerprint density at radius 3 is 2.85 bits per heavy atom. The number of nitrogens with zero attached hydrogens (tertiary/aromatic N) is 3. The number of rotatable bonds is 4. The van der Waals surface area contributed by atoms with E-state index in [1.807, 2.05) is 11.4 Å². The van der Waals surface area contributed by atoms with Gasteiger partial charge in [0.15, 0.2) is 0 Å². The SMILES string of the molecule is CCc1cc2c(=O)n(Cc3csc(CC)n3)cnc2s1. The molecule has 20 heavy (non-hydrogen) atoms. The minimum atomic E-state index is 0.0250. The molecule has 6 heteroatoms. The second-order valence-corrected chi connectivity index (χ2v) is 6.61. The minimum Gasteiger partial charge on any atom is -0.293 e. The molecule has 4 nitrogen and oxygen atoms in total. The number of thiazole rings is 1. The number of hydrogen-bond donors (Lipinski definition) is 0. The molecular formula is C14H15N3OS2. The maximum Gasteiger partial charge on any atom is 0.262 e. The predicted octanol–water partition coefficient (Wildman–Crippen LogP) is 3.09. The Labute approximate surface area is 124 Å². The van der Waals surface area contributed by atoms with Gasteiger partial charge >= 0.3 is 0 Å². The number of thiophene rings is 1. The van der Waals surface area contributed by atoms with E-state index in [2.05, 4.69) is 23.8 Å². The van der Waals surface area contributed by atoms with Crippen molar-refractivity contribution in [2.75, 3.05) is 0 Å². The summed E-state index contributed by atoms with van der Waals surface area (Å²) in [5.74, 6) is 0. The Balaban J connectivity index is 1.99. The van der Waals surface area contributed by atoms with Crippen LogP contribution in [-0.2, 0) is 19.4 Å². The second-order valence-electron chi connectivity index (χ2n) is 4.55. The van der Waals surface area contributed by atoms with Crippen molar-refractivity contribution in [3.8, 4) is 0 Å². The highest BCUT2D eigenvalue weighted by Crippen LogP contribution is 2.21. The van der Waals surface area contributed by atoms with Crippen molar-refractivity contribution in [1.29, 1.82) is 0 Å². The van der Waals surface area contributed by atoms with Crippen LogP contribution in [0.3, 0.4) is 0 Å². The normalized spacial score (nSPS) is 11.3. The van der Waals surface area contributed by atoms with Crippen LogP contribution in [0.5, 0.6) is 0 Å². The summed E-state index contributed by atoms with van der Waals surface area (Å²) in [5, 5.41) is 3.84. The fraction of sp³-hybridized carbons (Fsp3) is 0.357. The fourth-order valence-corrected chi connectivity index (χ4v) is 3.72. The highest BCUT2D eigenvalue weighted by Gasteiger charge is 2.09. The van der Waals surface area contributed by atoms with Gasteiger partial charge in [0.05, 0.1) is 29.0 Å². The quantitative estimate of drug-likeness (QED) is 0.744. The molecule has 0 bridgehead atoms. The van der Waals surface area contributed by atoms with Crippen LogP contribution in [0.15, 0.2) is 22.6 Å². The van der Waals surface area contributed by atoms with Crippen LogP contribution in [0.25, 0.3) is 10.2 Å². The van der Waals surface area contributed by atoms with Gasteiger partial charge in [0, 0.05) is 10.3 Å². The van der Waals surface area contributed by atoms with E-state index in [-0.39, 0.29) is 5.56 Å². The van der Waals surface area contributed by atoms with Gasteiger partial charge in [-0.2, -0.15) is 0 Å². The third-order valence-corrected chi connectivity index (χ3v) is 5.38. The Morgan fingerprint density at radius 1 is 1.30 bits per heavy atom. The summed E-state index contributed by atoms with van der Waals surface area (Å²) in [6.45, 7) is 4.67. The Morgan fingerprint density at radius 2 is 2.15 bits per heavy atom. The first kappa shape index (κ1) is 13.5. The fourth-order valence-electron chi connectivity index (χ4n) is 2.06. The summed E-state index contributed by atoms with van der Waals surface area (Å²) in [5.41, 5.74) is 0.957. The zero-order valence-corrected chi connectivity index (χ0v) is 13.1. The summed E-state index contributed by atoms with van der Waals surface area (Å²) in [6, 6.07) is 1.96. The first-order valence-electron chi connectivity index (χ1n) is 6.62. The van der Waals surface area contributed by atoms with E-state index in [0.29, 0.717) is 6.54 Å². The Hall–Kier alpha value is -1.53. The summed E-state index contributed by atoms with van der Waals surface area (Å²) < 4.78 is 1.64. The summed E-state index contributed by atoms with van der Waals surface area (Å²) >= 11 is 3.24. The molecule has 0 atom stereocenters. The predicted molar refractivity (Wildman–Crippen MR) is 83.9 cm³/mol. The van der Waals surface area contributed by atoms with Gasteiger partial charge in [-0.15, -0.1) is 22.7 Å². The molecule has 104 valence electrons. The van der Waals surface area contributed by atoms with Gasteiger partial charge in [0.2, 0.25) is 0 Å². The van der Waals surface area contributed by atoms with Crippen LogP contribution in [0.4, 0.5) is 0 Å². The van der Waals surface area contributed by atoms with Gasteiger partial charge in [-0.1, -0.05) is 13.8 Å². The van der Waals surface area contributed by atoms with Crippen molar-refractivity contribution in [2.24, 2.45) is 0 Å². The maximum absolute atomic E-state index is 12.4. The third-order valence-electron chi connectivity index (χ3n) is 3.15. The van der Waals surface area contributed by atoms with Gasteiger partial charge in [-0.3, -0.25) is 9.36 Å². The molecule has 0 aliphatic carbocycles. The molecule has 3 rings (SSSR count). The van der Waals surface area contributed by atoms with E-state index in [0.717, 1.165) is 33.8 Å². The largest absolute Gasteiger partial charge is 0.293 e. The van der Waals surface area contributed by atoms with E-state index in [1.165, 1.54) is 4.88 Å². The molecule has 0 unspecified atom stereocenters. The molecule has 0 saturated heterocycles. The van der Waals surface area contributed by atoms with Gasteiger partial charge in [-0.25, -0.2) is 9.97 Å². The number of hydrogen-bond acceptors (Lipinski definition) is 5. The van der Waals surface area contributed by atoms with E-state index >= 15 is 0 Å². The smallest absolute Gasteiger partial charge is 0.262 e. The van der Waals surface area contributed by atoms with Crippen LogP contribution in [-0.4, -0.2) is 14.5 Å². The molecule has 0 spiro atoms. The zero-order chi connectivity index (χ0) is 14.1. The first-order chi connectivity index (χ1) is 9.71. The molecule has 0 aliphatic rings. The summed E-state index contributed by atoms with van der Waals surface area (Å²) in [4.78, 5) is 23.4. The molecule has 0 radical (unpaired) electrons. The molecule has 3 aromatic heterocycles. The van der Waals surface area contributed by atoms with Crippen LogP contribution < -0.4 is 5.56 Å². The van der Waals surface area contributed by atoms with Crippen molar-refractivity contribution in [3.63, 3.8) is 0 Å². The lowest BCUT2D eigenvalue weighted by Crippen LogP contribution is -2.20. The molecule has 0 aromatic carbocycles. The first-order valence-corrected chi connectivity index (χ1v) is 8.32. The summed E-state index contributed by atoms with van der Waals surface area (Å²) in [6.07, 6.45) is 3.50. The Bertz CT molecular complexity index is 800. The van der Waals surface area contributed by atoms with Crippen LogP contribution in [0.1, 0.15) is 29.4 Å². The highest BCUT2D eigenvalue weighted by molar-refractivity contribution is 7.18. The molecule has 0 aliphatic heterocycles. The highest BCUT2D eigenvalue weighted by atomic mass is 32.1. The molecular weight excluding hydrogens is 290 g/mol. The van der Waals surface area contributed by atoms with Gasteiger partial charge < -0.3 is 0 Å². The number of aryl methyl sites for hydroxylation is 2. The van der Waals surface area contributed by atoms with Gasteiger partial charge in [-0.05, 0) is 18.9 Å². The lowest BCUT2D eigenvalue weighted by atomic mass is 10.3. The van der Waals surface area contributed by atoms with Gasteiger partial charge in [0.25, 0.3) is 5.56 Å². The average molecular weight is 305 g/mol. The molecule has 3 aromatic rings. The second kappa shape index (κ2) is 5.46. The van der Waals surface area contributed by atoms with E-state index in [9.17, 15) is 4.79 Å². The average Bonchev–Trinajstić information content (AvgIpc) is 3.08. The standard InChI is InChI=1S/C14H15N3OS2/c1-3-10-5-11-13(20-10)15-8-17(14(11)18)6-9-7-19-12(4-2)16-9/h5,7-8H,3-4,6H2,1-2H3. The minimum absolute atomic E-state index is 0.0250. The molecule has 3 heterocycles. The van der Waals surface area contributed by atoms with Crippen LogP contribution in [0.2, 0.25) is 0 Å². The summed E-state index contributed by atoms with van der Waals surface area (Å²) in [7, 11) is 0. The van der Waals surface area contributed by atoms with Crippen molar-refractivity contribution in [2.45, 2.75) is 33.2 Å².